The number of hydrogen-bond acceptors (Lipinski definition) is 6. The molecule has 1 unspecified atom stereocenters. The molecule has 3 amide bonds. The minimum Gasteiger partial charge on any atom is -0.368 e. The van der Waals surface area contributed by atoms with Gasteiger partial charge >= 0.3 is 0 Å². The maximum Gasteiger partial charge on any atom is 0.267 e. The molecule has 2 heterocycles. The molecule has 4 rings (SSSR count). The van der Waals surface area contributed by atoms with Crippen molar-refractivity contribution in [3.05, 3.63) is 78.4 Å². The van der Waals surface area contributed by atoms with Crippen molar-refractivity contribution in [2.75, 3.05) is 10.3 Å². The molecule has 0 radical (unpaired) electrons. The van der Waals surface area contributed by atoms with Gasteiger partial charge in [0.05, 0.1) is 5.69 Å². The highest BCUT2D eigenvalue weighted by atomic mass is 19.1. The highest BCUT2D eigenvalue weighted by molar-refractivity contribution is 6.40. The lowest BCUT2D eigenvalue weighted by Crippen LogP contribution is -2.39. The molecular formula is C23H22FN7O3. The van der Waals surface area contributed by atoms with Crippen LogP contribution >= 0.6 is 0 Å². The Bertz CT molecular complexity index is 1230. The summed E-state index contributed by atoms with van der Waals surface area (Å²) in [5.41, 5.74) is 7.41. The zero-order chi connectivity index (χ0) is 24.1. The van der Waals surface area contributed by atoms with E-state index in [0.29, 0.717) is 11.4 Å². The van der Waals surface area contributed by atoms with E-state index in [4.69, 9.17) is 5.73 Å². The maximum atomic E-state index is 13.2. The molecule has 0 saturated heterocycles. The van der Waals surface area contributed by atoms with Crippen molar-refractivity contribution in [2.24, 2.45) is 10.8 Å². The van der Waals surface area contributed by atoms with Gasteiger partial charge in [0.2, 0.25) is 11.8 Å². The van der Waals surface area contributed by atoms with Crippen LogP contribution in [0.25, 0.3) is 0 Å². The first-order chi connectivity index (χ1) is 16.4. The van der Waals surface area contributed by atoms with Crippen LogP contribution in [0.15, 0.2) is 72.1 Å². The van der Waals surface area contributed by atoms with Gasteiger partial charge < -0.3 is 16.4 Å². The van der Waals surface area contributed by atoms with Crippen LogP contribution in [0.2, 0.25) is 0 Å². The van der Waals surface area contributed by atoms with Crippen molar-refractivity contribution in [3.8, 4) is 0 Å². The molecule has 4 N–H and O–H groups in total. The smallest absolute Gasteiger partial charge is 0.267 e. The van der Waals surface area contributed by atoms with E-state index in [1.54, 1.807) is 42.7 Å². The quantitative estimate of drug-likeness (QED) is 0.464. The number of rotatable bonds is 8. The lowest BCUT2D eigenvalue weighted by Gasteiger charge is -2.20. The summed E-state index contributed by atoms with van der Waals surface area (Å²) < 4.78 is 14.8. The molecular weight excluding hydrogens is 441 g/mol. The second-order valence-electron chi connectivity index (χ2n) is 7.62. The number of halogens is 1. The number of nitrogens with one attached hydrogen (secondary N) is 2. The van der Waals surface area contributed by atoms with E-state index in [9.17, 15) is 18.8 Å². The number of anilines is 2. The Morgan fingerprint density at radius 2 is 1.91 bits per heavy atom. The molecule has 1 aliphatic heterocycles. The zero-order valence-corrected chi connectivity index (χ0v) is 18.0. The summed E-state index contributed by atoms with van der Waals surface area (Å²) in [4.78, 5) is 36.7. The fourth-order valence-electron chi connectivity index (χ4n) is 3.49. The third kappa shape index (κ3) is 5.44. The number of benzene rings is 2. The SMILES string of the molecule is NC(=O)C1CC(C(=O)NCc2cccc(NC(=O)Cn3cccn3)c2)=NN1c1ccc(F)cc1. The summed E-state index contributed by atoms with van der Waals surface area (Å²) in [6.45, 7) is 0.262. The van der Waals surface area contributed by atoms with Crippen LogP contribution in [0.4, 0.5) is 15.8 Å². The Labute approximate surface area is 194 Å². The number of carbonyl (C=O) groups is 3. The normalized spacial score (nSPS) is 15.0. The van der Waals surface area contributed by atoms with Gasteiger partial charge in [-0.15, -0.1) is 0 Å². The van der Waals surface area contributed by atoms with E-state index in [-0.39, 0.29) is 31.1 Å². The molecule has 0 bridgehead atoms. The minimum absolute atomic E-state index is 0.0298. The second kappa shape index (κ2) is 9.94. The fourth-order valence-corrected chi connectivity index (χ4v) is 3.49. The molecule has 3 aromatic rings. The molecule has 0 saturated carbocycles. The topological polar surface area (TPSA) is 135 Å². The number of nitrogens with zero attached hydrogens (tertiary/aromatic N) is 4. The molecule has 34 heavy (non-hydrogen) atoms. The van der Waals surface area contributed by atoms with Crippen molar-refractivity contribution in [1.82, 2.24) is 15.1 Å². The monoisotopic (exact) mass is 463 g/mol. The van der Waals surface area contributed by atoms with Gasteiger partial charge in [-0.3, -0.25) is 24.1 Å². The lowest BCUT2D eigenvalue weighted by molar-refractivity contribution is -0.119. The van der Waals surface area contributed by atoms with E-state index in [0.717, 1.165) is 5.56 Å². The first kappa shape index (κ1) is 22.6. The number of hydrogen-bond donors (Lipinski definition) is 3. The lowest BCUT2D eigenvalue weighted by atomic mass is 10.1. The molecule has 1 atom stereocenters. The Morgan fingerprint density at radius 1 is 1.12 bits per heavy atom. The first-order valence-corrected chi connectivity index (χ1v) is 10.4. The number of amides is 3. The van der Waals surface area contributed by atoms with E-state index in [1.165, 1.54) is 34.0 Å². The second-order valence-corrected chi connectivity index (χ2v) is 7.62. The Kier molecular flexibility index (Phi) is 6.62. The average molecular weight is 463 g/mol. The van der Waals surface area contributed by atoms with Crippen molar-refractivity contribution in [3.63, 3.8) is 0 Å². The molecule has 1 aliphatic rings. The van der Waals surface area contributed by atoms with Crippen LogP contribution in [0.5, 0.6) is 0 Å². The summed E-state index contributed by atoms with van der Waals surface area (Å²) in [6, 6.07) is 13.3. The predicted molar refractivity (Wildman–Crippen MR) is 123 cm³/mol. The average Bonchev–Trinajstić information content (AvgIpc) is 3.48. The standard InChI is InChI=1S/C23H22FN7O3/c24-16-5-7-18(8-6-16)31-20(22(25)33)12-19(29-31)23(34)26-13-15-3-1-4-17(11-15)28-21(32)14-30-10-2-9-27-30/h1-11,20H,12-14H2,(H2,25,33)(H,26,34)(H,28,32). The predicted octanol–water partition coefficient (Wildman–Crippen LogP) is 1.40. The van der Waals surface area contributed by atoms with E-state index >= 15 is 0 Å². The number of aromatic nitrogens is 2. The van der Waals surface area contributed by atoms with E-state index < -0.39 is 23.7 Å². The highest BCUT2D eigenvalue weighted by Crippen LogP contribution is 2.25. The summed E-state index contributed by atoms with van der Waals surface area (Å²) in [6.07, 6.45) is 3.31. The van der Waals surface area contributed by atoms with Crippen LogP contribution in [-0.2, 0) is 27.5 Å². The first-order valence-electron chi connectivity index (χ1n) is 10.4. The van der Waals surface area contributed by atoms with Gasteiger partial charge in [-0.05, 0) is 48.0 Å². The Balaban J connectivity index is 1.38. The van der Waals surface area contributed by atoms with Crippen LogP contribution in [0, 0.1) is 5.82 Å². The van der Waals surface area contributed by atoms with Crippen LogP contribution < -0.4 is 21.4 Å². The largest absolute Gasteiger partial charge is 0.368 e. The number of carbonyl (C=O) groups excluding carboxylic acids is 3. The van der Waals surface area contributed by atoms with Crippen LogP contribution in [0.3, 0.4) is 0 Å². The summed E-state index contributed by atoms with van der Waals surface area (Å²) in [7, 11) is 0. The van der Waals surface area contributed by atoms with Gasteiger partial charge in [0.1, 0.15) is 24.1 Å². The zero-order valence-electron chi connectivity index (χ0n) is 18.0. The maximum absolute atomic E-state index is 13.2. The molecule has 11 heteroatoms. The van der Waals surface area contributed by atoms with Crippen molar-refractivity contribution in [1.29, 1.82) is 0 Å². The van der Waals surface area contributed by atoms with Gasteiger partial charge in [0.25, 0.3) is 5.91 Å². The number of primary amides is 1. The van der Waals surface area contributed by atoms with Gasteiger partial charge in [-0.2, -0.15) is 10.2 Å². The summed E-state index contributed by atoms with van der Waals surface area (Å²) in [5, 5.41) is 15.1. The van der Waals surface area contributed by atoms with Crippen molar-refractivity contribution in [2.45, 2.75) is 25.6 Å². The van der Waals surface area contributed by atoms with Crippen LogP contribution in [-0.4, -0.2) is 39.3 Å². The van der Waals surface area contributed by atoms with Crippen molar-refractivity contribution >= 4 is 34.8 Å². The minimum atomic E-state index is -0.848. The molecule has 0 spiro atoms. The Morgan fingerprint density at radius 3 is 2.62 bits per heavy atom. The fraction of sp³-hybridized carbons (Fsp3) is 0.174. The van der Waals surface area contributed by atoms with Crippen LogP contribution in [0.1, 0.15) is 12.0 Å². The van der Waals surface area contributed by atoms with Gasteiger partial charge in [0, 0.05) is 31.0 Å². The van der Waals surface area contributed by atoms with E-state index in [2.05, 4.69) is 20.8 Å². The van der Waals surface area contributed by atoms with E-state index in [1.807, 2.05) is 0 Å². The number of nitrogens with two attached hydrogens (primary N) is 1. The number of hydrazone groups is 1. The van der Waals surface area contributed by atoms with Gasteiger partial charge in [-0.1, -0.05) is 12.1 Å². The molecule has 10 nitrogen and oxygen atoms in total. The van der Waals surface area contributed by atoms with Crippen molar-refractivity contribution < 1.29 is 18.8 Å². The molecule has 0 fully saturated rings. The third-order valence-electron chi connectivity index (χ3n) is 5.12. The third-order valence-corrected chi connectivity index (χ3v) is 5.12. The summed E-state index contributed by atoms with van der Waals surface area (Å²) >= 11 is 0. The molecule has 0 aliphatic carbocycles. The highest BCUT2D eigenvalue weighted by Gasteiger charge is 2.34. The Hall–Kier alpha value is -4.54. The molecule has 174 valence electrons. The van der Waals surface area contributed by atoms with Gasteiger partial charge in [-0.25, -0.2) is 4.39 Å². The summed E-state index contributed by atoms with van der Waals surface area (Å²) in [5.74, 6) is -1.76. The van der Waals surface area contributed by atoms with Gasteiger partial charge in [0.15, 0.2) is 0 Å². The molecule has 1 aromatic heterocycles. The molecule has 2 aromatic carbocycles.